The number of benzene rings is 5. The van der Waals surface area contributed by atoms with E-state index in [0.717, 1.165) is 76.9 Å². The van der Waals surface area contributed by atoms with Gasteiger partial charge in [-0.1, -0.05) is 79.4 Å². The fourth-order valence-corrected chi connectivity index (χ4v) is 10.1. The second-order valence-corrected chi connectivity index (χ2v) is 15.1. The van der Waals surface area contributed by atoms with Gasteiger partial charge in [0.25, 0.3) is 0 Å². The minimum Gasteiger partial charge on any atom is -0.508 e. The summed E-state index contributed by atoms with van der Waals surface area (Å²) in [7, 11) is 0. The van der Waals surface area contributed by atoms with Gasteiger partial charge in [-0.3, -0.25) is 0 Å². The molecule has 1 aromatic heterocycles. The SMILES string of the molecule is C[C@@]12CCC3c4ccc(O)cc4CCC3C1CC[C@]2(O)C#Cc1ccc(-c2ccc(N(c3ccccc3)c3ccccc3)cc2)c2nsnc12. The Hall–Kier alpha value is -4.96. The average Bonchev–Trinajstić information content (AvgIpc) is 3.75. The number of phenolic OH excluding ortho intramolecular Hbond substituents is 1. The molecular formula is C44H39N3O2S. The summed E-state index contributed by atoms with van der Waals surface area (Å²) in [4.78, 5) is 2.26. The third-order valence-electron chi connectivity index (χ3n) is 12.1. The number of nitrogens with zero attached hydrogens (tertiary/aromatic N) is 3. The Labute approximate surface area is 297 Å². The van der Waals surface area contributed by atoms with Crippen molar-refractivity contribution < 1.29 is 10.2 Å². The van der Waals surface area contributed by atoms with Gasteiger partial charge in [0.1, 0.15) is 22.4 Å². The first-order valence-corrected chi connectivity index (χ1v) is 18.5. The van der Waals surface area contributed by atoms with Crippen LogP contribution in [0.25, 0.3) is 22.2 Å². The molecule has 5 atom stereocenters. The molecule has 2 fully saturated rings. The van der Waals surface area contributed by atoms with Crippen molar-refractivity contribution in [2.75, 3.05) is 4.90 Å². The summed E-state index contributed by atoms with van der Waals surface area (Å²) in [6, 6.07) is 39.5. The summed E-state index contributed by atoms with van der Waals surface area (Å²) < 4.78 is 9.43. The topological polar surface area (TPSA) is 69.5 Å². The quantitative estimate of drug-likeness (QED) is 0.182. The highest BCUT2D eigenvalue weighted by Gasteiger charge is 2.61. The summed E-state index contributed by atoms with van der Waals surface area (Å²) in [6.07, 6.45) is 5.77. The number of aromatic hydroxyl groups is 1. The van der Waals surface area contributed by atoms with Gasteiger partial charge < -0.3 is 15.1 Å². The molecule has 0 amide bonds. The second-order valence-electron chi connectivity index (χ2n) is 14.6. The van der Waals surface area contributed by atoms with Crippen molar-refractivity contribution >= 4 is 39.8 Å². The van der Waals surface area contributed by atoms with Crippen molar-refractivity contribution in [1.29, 1.82) is 0 Å². The molecule has 5 nitrogen and oxygen atoms in total. The van der Waals surface area contributed by atoms with E-state index in [1.54, 1.807) is 0 Å². The molecule has 0 aliphatic heterocycles. The lowest BCUT2D eigenvalue weighted by atomic mass is 9.53. The summed E-state index contributed by atoms with van der Waals surface area (Å²) in [5, 5.41) is 22.3. The molecule has 0 saturated heterocycles. The molecule has 3 aliphatic carbocycles. The lowest BCUT2D eigenvalue weighted by molar-refractivity contribution is -0.0647. The van der Waals surface area contributed by atoms with Crippen LogP contribution < -0.4 is 4.90 Å². The number of aromatic nitrogens is 2. The molecule has 3 aliphatic rings. The van der Waals surface area contributed by atoms with Crippen molar-refractivity contribution in [2.45, 2.75) is 57.0 Å². The molecule has 1 heterocycles. The maximum atomic E-state index is 12.3. The molecule has 248 valence electrons. The number of aliphatic hydroxyl groups is 1. The number of para-hydroxylation sites is 2. The minimum absolute atomic E-state index is 0.260. The molecule has 3 unspecified atom stereocenters. The van der Waals surface area contributed by atoms with Gasteiger partial charge in [-0.2, -0.15) is 8.75 Å². The van der Waals surface area contributed by atoms with E-state index in [-0.39, 0.29) is 5.41 Å². The van der Waals surface area contributed by atoms with Crippen molar-refractivity contribution in [3.05, 3.63) is 132 Å². The number of anilines is 3. The van der Waals surface area contributed by atoms with Crippen LogP contribution in [-0.2, 0) is 6.42 Å². The van der Waals surface area contributed by atoms with E-state index in [2.05, 4.69) is 109 Å². The van der Waals surface area contributed by atoms with Crippen LogP contribution in [0, 0.1) is 29.1 Å². The normalized spacial score (nSPS) is 25.2. The number of hydrogen-bond donors (Lipinski definition) is 2. The summed E-state index contributed by atoms with van der Waals surface area (Å²) in [5.74, 6) is 8.66. The molecule has 0 radical (unpaired) electrons. The van der Waals surface area contributed by atoms with E-state index >= 15 is 0 Å². The number of phenols is 1. The van der Waals surface area contributed by atoms with E-state index in [0.29, 0.717) is 29.9 Å². The number of aryl methyl sites for hydroxylation is 1. The van der Waals surface area contributed by atoms with E-state index < -0.39 is 5.60 Å². The van der Waals surface area contributed by atoms with Gasteiger partial charge in [0.05, 0.1) is 17.3 Å². The van der Waals surface area contributed by atoms with E-state index in [1.165, 1.54) is 22.9 Å². The second kappa shape index (κ2) is 12.1. The molecule has 5 aromatic carbocycles. The molecule has 6 heteroatoms. The number of fused-ring (bicyclic) bond motifs is 6. The summed E-state index contributed by atoms with van der Waals surface area (Å²) in [5.41, 5.74) is 9.19. The predicted octanol–water partition coefficient (Wildman–Crippen LogP) is 10.2. The van der Waals surface area contributed by atoms with Gasteiger partial charge >= 0.3 is 0 Å². The van der Waals surface area contributed by atoms with Gasteiger partial charge in [-0.05, 0) is 128 Å². The lowest BCUT2D eigenvalue weighted by Crippen LogP contribution is -2.50. The zero-order valence-electron chi connectivity index (χ0n) is 28.1. The highest BCUT2D eigenvalue weighted by Crippen LogP contribution is 2.64. The first-order valence-electron chi connectivity index (χ1n) is 17.8. The standard InChI is InChI=1S/C44H39N3O2S/c1-43-25-23-38-36-21-18-35(48)28-31(36)15-20-39(38)40(43)24-27-44(43,49)26-22-30-14-19-37(42-41(30)45-50-46-42)29-12-16-34(17-13-29)47(32-8-4-2-5-9-32)33-10-6-3-7-11-33/h2-14,16-19,21,28,38-40,48-49H,15,20,23-25,27H2,1H3/t38?,39?,40?,43-,44-/m1/s1. The van der Waals surface area contributed by atoms with Crippen LogP contribution in [-0.4, -0.2) is 24.6 Å². The smallest absolute Gasteiger partial charge is 0.131 e. The molecule has 2 N–H and O–H groups in total. The molecule has 6 aromatic rings. The summed E-state index contributed by atoms with van der Waals surface area (Å²) in [6.45, 7) is 2.28. The molecule has 0 spiro atoms. The maximum absolute atomic E-state index is 12.3. The van der Waals surface area contributed by atoms with Gasteiger partial charge in [0.2, 0.25) is 0 Å². The Balaban J connectivity index is 0.999. The van der Waals surface area contributed by atoms with Crippen molar-refractivity contribution in [3.8, 4) is 28.7 Å². The van der Waals surface area contributed by atoms with Crippen LogP contribution >= 0.6 is 11.7 Å². The maximum Gasteiger partial charge on any atom is 0.131 e. The van der Waals surface area contributed by atoms with Crippen LogP contribution in [0.3, 0.4) is 0 Å². The Morgan fingerprint density at radius 2 is 1.46 bits per heavy atom. The van der Waals surface area contributed by atoms with Crippen molar-refractivity contribution in [2.24, 2.45) is 17.3 Å². The molecule has 0 bridgehead atoms. The Morgan fingerprint density at radius 3 is 2.20 bits per heavy atom. The van der Waals surface area contributed by atoms with Crippen LogP contribution in [0.5, 0.6) is 5.75 Å². The number of hydrogen-bond acceptors (Lipinski definition) is 6. The first kappa shape index (κ1) is 31.1. The van der Waals surface area contributed by atoms with Crippen molar-refractivity contribution in [1.82, 2.24) is 8.75 Å². The predicted molar refractivity (Wildman–Crippen MR) is 202 cm³/mol. The zero-order chi connectivity index (χ0) is 33.9. The molecule has 9 rings (SSSR count). The van der Waals surface area contributed by atoms with Gasteiger partial charge in [0.15, 0.2) is 0 Å². The molecule has 50 heavy (non-hydrogen) atoms. The van der Waals surface area contributed by atoms with Gasteiger partial charge in [-0.25, -0.2) is 0 Å². The van der Waals surface area contributed by atoms with Gasteiger partial charge in [0, 0.05) is 28.0 Å². The van der Waals surface area contributed by atoms with Gasteiger partial charge in [-0.15, -0.1) is 0 Å². The molecular weight excluding hydrogens is 635 g/mol. The van der Waals surface area contributed by atoms with Crippen LogP contribution in [0.2, 0.25) is 0 Å². The highest BCUT2D eigenvalue weighted by molar-refractivity contribution is 7.00. The van der Waals surface area contributed by atoms with Crippen LogP contribution in [0.15, 0.2) is 115 Å². The Morgan fingerprint density at radius 1 is 0.760 bits per heavy atom. The average molecular weight is 674 g/mol. The first-order chi connectivity index (χ1) is 24.4. The fourth-order valence-electron chi connectivity index (χ4n) is 9.55. The van der Waals surface area contributed by atoms with E-state index in [1.807, 2.05) is 30.3 Å². The third-order valence-corrected chi connectivity index (χ3v) is 12.7. The van der Waals surface area contributed by atoms with Crippen molar-refractivity contribution in [3.63, 3.8) is 0 Å². The molecule has 2 saturated carbocycles. The summed E-state index contributed by atoms with van der Waals surface area (Å²) >= 11 is 1.21. The zero-order valence-corrected chi connectivity index (χ0v) is 28.9. The monoisotopic (exact) mass is 673 g/mol. The number of rotatable bonds is 4. The Kier molecular flexibility index (Phi) is 7.53. The minimum atomic E-state index is -1.05. The van der Waals surface area contributed by atoms with Crippen LogP contribution in [0.4, 0.5) is 17.1 Å². The van der Waals surface area contributed by atoms with Crippen LogP contribution in [0.1, 0.15) is 61.6 Å². The Bertz CT molecular complexity index is 2220. The van der Waals surface area contributed by atoms with E-state index in [9.17, 15) is 10.2 Å². The highest BCUT2D eigenvalue weighted by atomic mass is 32.1. The lowest BCUT2D eigenvalue weighted by Gasteiger charge is -2.52. The fraction of sp³-hybridized carbons (Fsp3) is 0.273. The third kappa shape index (κ3) is 5.02. The largest absolute Gasteiger partial charge is 0.508 e. The van der Waals surface area contributed by atoms with E-state index in [4.69, 9.17) is 8.75 Å².